The van der Waals surface area contributed by atoms with Crippen LogP contribution in [0, 0.1) is 5.92 Å². The summed E-state index contributed by atoms with van der Waals surface area (Å²) in [5, 5.41) is 2.98. The van der Waals surface area contributed by atoms with E-state index < -0.39 is 11.9 Å². The molecule has 1 fully saturated rings. The van der Waals surface area contributed by atoms with E-state index >= 15 is 0 Å². The summed E-state index contributed by atoms with van der Waals surface area (Å²) in [5.74, 6) is -0.972. The van der Waals surface area contributed by atoms with Crippen molar-refractivity contribution in [1.82, 2.24) is 5.32 Å². The second-order valence-electron chi connectivity index (χ2n) is 2.73. The highest BCUT2D eigenvalue weighted by Gasteiger charge is 2.29. The number of carbonyl (C=O) groups excluding carboxylic acids is 2. The summed E-state index contributed by atoms with van der Waals surface area (Å²) in [6, 6.07) is 0. The molecular weight excluding hydrogens is 194 g/mol. The number of esters is 1. The lowest BCUT2D eigenvalue weighted by molar-refractivity contribution is -0.152. The van der Waals surface area contributed by atoms with Crippen LogP contribution in [0.25, 0.3) is 0 Å². The van der Waals surface area contributed by atoms with Gasteiger partial charge >= 0.3 is 5.97 Å². The highest BCUT2D eigenvalue weighted by molar-refractivity contribution is 5.99. The standard InChI is InChI=1S/C8H13NO3.ClH/c1-2-12-8(11)6-5-9-4-3-7(6)10;/h6,9H,2-5H2,1H3;1H/t6-;/m1./s1. The molecule has 1 aliphatic rings. The molecule has 0 bridgehead atoms. The van der Waals surface area contributed by atoms with Gasteiger partial charge in [0.15, 0.2) is 0 Å². The molecule has 0 unspecified atom stereocenters. The third-order valence-electron chi connectivity index (χ3n) is 1.86. The molecule has 1 aliphatic heterocycles. The molecule has 76 valence electrons. The fraction of sp³-hybridized carbons (Fsp3) is 0.750. The average Bonchev–Trinajstić information content (AvgIpc) is 2.05. The summed E-state index contributed by atoms with van der Waals surface area (Å²) in [6.45, 7) is 3.17. The molecule has 1 N–H and O–H groups in total. The zero-order valence-electron chi connectivity index (χ0n) is 7.54. The number of halogens is 1. The zero-order chi connectivity index (χ0) is 8.97. The van der Waals surface area contributed by atoms with Gasteiger partial charge in [-0.15, -0.1) is 12.4 Å². The van der Waals surface area contributed by atoms with Gasteiger partial charge in [0.2, 0.25) is 0 Å². The molecular formula is C8H14ClNO3. The maximum atomic E-state index is 11.2. The SMILES string of the molecule is CCOC(=O)[C@@H]1CNCCC1=O.Cl. The van der Waals surface area contributed by atoms with Crippen molar-refractivity contribution in [2.75, 3.05) is 19.7 Å². The molecule has 5 heteroatoms. The van der Waals surface area contributed by atoms with Crippen LogP contribution in [0.2, 0.25) is 0 Å². The van der Waals surface area contributed by atoms with Crippen LogP contribution in [0.5, 0.6) is 0 Å². The van der Waals surface area contributed by atoms with Gasteiger partial charge in [-0.2, -0.15) is 0 Å². The van der Waals surface area contributed by atoms with Gasteiger partial charge in [0, 0.05) is 19.5 Å². The van der Waals surface area contributed by atoms with Crippen LogP contribution in [0.1, 0.15) is 13.3 Å². The van der Waals surface area contributed by atoms with Gasteiger partial charge in [-0.3, -0.25) is 9.59 Å². The third-order valence-corrected chi connectivity index (χ3v) is 1.86. The Balaban J connectivity index is 0.00000144. The molecule has 0 spiro atoms. The Bertz CT molecular complexity index is 196. The topological polar surface area (TPSA) is 55.4 Å². The Labute approximate surface area is 83.4 Å². The summed E-state index contributed by atoms with van der Waals surface area (Å²) in [4.78, 5) is 22.3. The number of ketones is 1. The fourth-order valence-electron chi connectivity index (χ4n) is 1.20. The Morgan fingerprint density at radius 1 is 1.69 bits per heavy atom. The van der Waals surface area contributed by atoms with E-state index in [2.05, 4.69) is 5.32 Å². The lowest BCUT2D eigenvalue weighted by atomic mass is 9.98. The number of nitrogens with one attached hydrogen (secondary N) is 1. The van der Waals surface area contributed by atoms with Crippen molar-refractivity contribution in [2.24, 2.45) is 5.92 Å². The maximum absolute atomic E-state index is 11.2. The molecule has 4 nitrogen and oxygen atoms in total. The molecule has 0 aromatic rings. The van der Waals surface area contributed by atoms with Gasteiger partial charge in [0.05, 0.1) is 6.61 Å². The number of piperidine rings is 1. The van der Waals surface area contributed by atoms with E-state index in [1.54, 1.807) is 6.92 Å². The first-order valence-electron chi connectivity index (χ1n) is 4.15. The second-order valence-corrected chi connectivity index (χ2v) is 2.73. The molecule has 13 heavy (non-hydrogen) atoms. The molecule has 1 saturated heterocycles. The number of hydrogen-bond donors (Lipinski definition) is 1. The van der Waals surface area contributed by atoms with Crippen molar-refractivity contribution in [3.63, 3.8) is 0 Å². The largest absolute Gasteiger partial charge is 0.465 e. The maximum Gasteiger partial charge on any atom is 0.317 e. The summed E-state index contributed by atoms with van der Waals surface area (Å²) >= 11 is 0. The smallest absolute Gasteiger partial charge is 0.317 e. The minimum atomic E-state index is -0.571. The van der Waals surface area contributed by atoms with Crippen LogP contribution in [-0.2, 0) is 14.3 Å². The zero-order valence-corrected chi connectivity index (χ0v) is 8.36. The molecule has 0 amide bonds. The molecule has 0 aromatic carbocycles. The van der Waals surface area contributed by atoms with Crippen molar-refractivity contribution in [1.29, 1.82) is 0 Å². The lowest BCUT2D eigenvalue weighted by Crippen LogP contribution is -2.41. The Hall–Kier alpha value is -0.610. The van der Waals surface area contributed by atoms with E-state index in [9.17, 15) is 9.59 Å². The third kappa shape index (κ3) is 3.32. The van der Waals surface area contributed by atoms with Crippen molar-refractivity contribution in [3.8, 4) is 0 Å². The fourth-order valence-corrected chi connectivity index (χ4v) is 1.20. The van der Waals surface area contributed by atoms with Crippen molar-refractivity contribution in [2.45, 2.75) is 13.3 Å². The van der Waals surface area contributed by atoms with E-state index in [0.29, 0.717) is 26.1 Å². The Kier molecular flexibility index (Phi) is 5.66. The second kappa shape index (κ2) is 5.94. The minimum absolute atomic E-state index is 0. The molecule has 0 aliphatic carbocycles. The number of carbonyl (C=O) groups is 2. The predicted molar refractivity (Wildman–Crippen MR) is 49.9 cm³/mol. The predicted octanol–water partition coefficient (Wildman–Crippen LogP) is 0.150. The van der Waals surface area contributed by atoms with Gasteiger partial charge in [-0.25, -0.2) is 0 Å². The van der Waals surface area contributed by atoms with Crippen LogP contribution >= 0.6 is 12.4 Å². The number of Topliss-reactive ketones (excluding diaryl/α,β-unsaturated/α-hetero) is 1. The average molecular weight is 208 g/mol. The Morgan fingerprint density at radius 3 is 2.92 bits per heavy atom. The van der Waals surface area contributed by atoms with E-state index in [4.69, 9.17) is 4.74 Å². The molecule has 0 aromatic heterocycles. The normalized spacial score (nSPS) is 21.9. The molecule has 0 saturated carbocycles. The Morgan fingerprint density at radius 2 is 2.38 bits per heavy atom. The monoisotopic (exact) mass is 207 g/mol. The van der Waals surface area contributed by atoms with Gasteiger partial charge in [-0.1, -0.05) is 0 Å². The molecule has 1 atom stereocenters. The quantitative estimate of drug-likeness (QED) is 0.518. The summed E-state index contributed by atoms with van der Waals surface area (Å²) in [5.41, 5.74) is 0. The van der Waals surface area contributed by atoms with Crippen molar-refractivity contribution >= 4 is 24.2 Å². The number of hydrogen-bond acceptors (Lipinski definition) is 4. The van der Waals surface area contributed by atoms with Gasteiger partial charge in [0.1, 0.15) is 11.7 Å². The van der Waals surface area contributed by atoms with Crippen LogP contribution in [0.4, 0.5) is 0 Å². The summed E-state index contributed by atoms with van der Waals surface area (Å²) in [7, 11) is 0. The van der Waals surface area contributed by atoms with Crippen molar-refractivity contribution < 1.29 is 14.3 Å². The van der Waals surface area contributed by atoms with E-state index in [-0.39, 0.29) is 18.2 Å². The molecule has 1 rings (SSSR count). The first-order valence-corrected chi connectivity index (χ1v) is 4.15. The lowest BCUT2D eigenvalue weighted by Gasteiger charge is -2.19. The van der Waals surface area contributed by atoms with Gasteiger partial charge in [-0.05, 0) is 6.92 Å². The highest BCUT2D eigenvalue weighted by Crippen LogP contribution is 2.07. The number of rotatable bonds is 2. The van der Waals surface area contributed by atoms with Crippen molar-refractivity contribution in [3.05, 3.63) is 0 Å². The van der Waals surface area contributed by atoms with Crippen LogP contribution in [0.15, 0.2) is 0 Å². The summed E-state index contributed by atoms with van der Waals surface area (Å²) < 4.78 is 4.75. The molecule has 1 heterocycles. The van der Waals surface area contributed by atoms with E-state index in [0.717, 1.165) is 0 Å². The number of ether oxygens (including phenoxy) is 1. The highest BCUT2D eigenvalue weighted by atomic mass is 35.5. The van der Waals surface area contributed by atoms with Crippen LogP contribution in [0.3, 0.4) is 0 Å². The van der Waals surface area contributed by atoms with Crippen LogP contribution < -0.4 is 5.32 Å². The van der Waals surface area contributed by atoms with E-state index in [1.807, 2.05) is 0 Å². The molecule has 0 radical (unpaired) electrons. The van der Waals surface area contributed by atoms with Gasteiger partial charge < -0.3 is 10.1 Å². The van der Waals surface area contributed by atoms with Gasteiger partial charge in [0.25, 0.3) is 0 Å². The first kappa shape index (κ1) is 12.4. The summed E-state index contributed by atoms with van der Waals surface area (Å²) in [6.07, 6.45) is 0.434. The minimum Gasteiger partial charge on any atom is -0.465 e. The van der Waals surface area contributed by atoms with Crippen LogP contribution in [-0.4, -0.2) is 31.4 Å². The first-order chi connectivity index (χ1) is 5.75. The van der Waals surface area contributed by atoms with E-state index in [1.165, 1.54) is 0 Å².